The number of hydrogen-bond donors (Lipinski definition) is 2. The van der Waals surface area contributed by atoms with Gasteiger partial charge in [0.1, 0.15) is 0 Å². The molecule has 0 aliphatic carbocycles. The molecule has 0 aliphatic heterocycles. The van der Waals surface area contributed by atoms with E-state index in [1.807, 2.05) is 18.2 Å². The van der Waals surface area contributed by atoms with Crippen LogP contribution in [0.3, 0.4) is 0 Å². The van der Waals surface area contributed by atoms with Crippen molar-refractivity contribution in [3.8, 4) is 0 Å². The first-order valence-corrected chi connectivity index (χ1v) is 5.76. The molecule has 1 amide bonds. The van der Waals surface area contributed by atoms with Crippen LogP contribution in [0, 0.1) is 0 Å². The zero-order chi connectivity index (χ0) is 12.8. The summed E-state index contributed by atoms with van der Waals surface area (Å²) in [5.41, 5.74) is 1.48. The Hall–Kier alpha value is -1.55. The Balaban J connectivity index is 2.74. The maximum absolute atomic E-state index is 12.1. The van der Waals surface area contributed by atoms with Crippen LogP contribution in [0.2, 0.25) is 0 Å². The Labute approximate surface area is 102 Å². The average Bonchev–Trinajstić information content (AvgIpc) is 2.34. The van der Waals surface area contributed by atoms with Crippen molar-refractivity contribution in [2.45, 2.75) is 19.4 Å². The number of hydrogen-bond acceptors (Lipinski definition) is 3. The molecule has 94 valence electrons. The fraction of sp³-hybridized carbons (Fsp3) is 0.462. The molecule has 4 nitrogen and oxygen atoms in total. The van der Waals surface area contributed by atoms with Gasteiger partial charge in [-0.25, -0.2) is 0 Å². The van der Waals surface area contributed by atoms with Gasteiger partial charge in [-0.1, -0.05) is 12.1 Å². The minimum Gasteiger partial charge on any atom is -0.393 e. The van der Waals surface area contributed by atoms with Crippen molar-refractivity contribution in [2.75, 3.05) is 26.0 Å². The first kappa shape index (κ1) is 13.5. The number of carbonyl (C=O) groups is 1. The van der Waals surface area contributed by atoms with E-state index in [4.69, 9.17) is 0 Å². The maximum atomic E-state index is 12.1. The summed E-state index contributed by atoms with van der Waals surface area (Å²) in [4.78, 5) is 13.8. The number of anilines is 1. The van der Waals surface area contributed by atoms with Gasteiger partial charge in [-0.2, -0.15) is 0 Å². The summed E-state index contributed by atoms with van der Waals surface area (Å²) in [5, 5.41) is 12.2. The van der Waals surface area contributed by atoms with Gasteiger partial charge in [0.2, 0.25) is 0 Å². The third-order valence-electron chi connectivity index (χ3n) is 2.66. The molecule has 1 rings (SSSR count). The molecule has 1 aromatic carbocycles. The molecule has 0 heterocycles. The van der Waals surface area contributed by atoms with Crippen molar-refractivity contribution in [2.24, 2.45) is 0 Å². The smallest absolute Gasteiger partial charge is 0.255 e. The summed E-state index contributed by atoms with van der Waals surface area (Å²) < 4.78 is 0. The molecule has 17 heavy (non-hydrogen) atoms. The first-order valence-electron chi connectivity index (χ1n) is 5.76. The third-order valence-corrected chi connectivity index (χ3v) is 2.66. The van der Waals surface area contributed by atoms with Gasteiger partial charge in [0.25, 0.3) is 5.91 Å². The Bertz CT molecular complexity index is 377. The number of rotatable bonds is 5. The van der Waals surface area contributed by atoms with Gasteiger partial charge in [0.15, 0.2) is 0 Å². The SMILES string of the molecule is CNc1ccccc1C(=O)N(C)CCC(C)O. The van der Waals surface area contributed by atoms with Gasteiger partial charge in [-0.15, -0.1) is 0 Å². The second kappa shape index (κ2) is 6.25. The quantitative estimate of drug-likeness (QED) is 0.816. The molecule has 0 aromatic heterocycles. The Morgan fingerprint density at radius 3 is 2.71 bits per heavy atom. The van der Waals surface area contributed by atoms with E-state index in [9.17, 15) is 9.90 Å². The van der Waals surface area contributed by atoms with Gasteiger partial charge in [-0.3, -0.25) is 4.79 Å². The van der Waals surface area contributed by atoms with Crippen molar-refractivity contribution in [1.29, 1.82) is 0 Å². The molecule has 0 bridgehead atoms. The van der Waals surface area contributed by atoms with E-state index in [1.54, 1.807) is 32.0 Å². The van der Waals surface area contributed by atoms with Crippen LogP contribution >= 0.6 is 0 Å². The van der Waals surface area contributed by atoms with E-state index in [-0.39, 0.29) is 12.0 Å². The van der Waals surface area contributed by atoms with Crippen LogP contribution in [0.25, 0.3) is 0 Å². The molecule has 1 aromatic rings. The Kier molecular flexibility index (Phi) is 4.97. The van der Waals surface area contributed by atoms with Gasteiger partial charge in [-0.05, 0) is 25.5 Å². The maximum Gasteiger partial charge on any atom is 0.255 e. The van der Waals surface area contributed by atoms with Crippen LogP contribution in [0.4, 0.5) is 5.69 Å². The zero-order valence-corrected chi connectivity index (χ0v) is 10.6. The van der Waals surface area contributed by atoms with E-state index >= 15 is 0 Å². The van der Waals surface area contributed by atoms with Crippen LogP contribution in [-0.4, -0.2) is 42.7 Å². The Morgan fingerprint density at radius 1 is 1.47 bits per heavy atom. The van der Waals surface area contributed by atoms with Gasteiger partial charge >= 0.3 is 0 Å². The van der Waals surface area contributed by atoms with E-state index in [0.717, 1.165) is 5.69 Å². The molecule has 0 radical (unpaired) electrons. The van der Waals surface area contributed by atoms with E-state index in [2.05, 4.69) is 5.32 Å². The van der Waals surface area contributed by atoms with Crippen molar-refractivity contribution in [3.63, 3.8) is 0 Å². The van der Waals surface area contributed by atoms with Crippen LogP contribution in [0.1, 0.15) is 23.7 Å². The predicted octanol–water partition coefficient (Wildman–Crippen LogP) is 1.57. The number of carbonyl (C=O) groups excluding carboxylic acids is 1. The van der Waals surface area contributed by atoms with Crippen molar-refractivity contribution >= 4 is 11.6 Å². The largest absolute Gasteiger partial charge is 0.393 e. The second-order valence-electron chi connectivity index (χ2n) is 4.16. The van der Waals surface area contributed by atoms with Crippen LogP contribution < -0.4 is 5.32 Å². The number of amides is 1. The summed E-state index contributed by atoms with van der Waals surface area (Å²) in [6, 6.07) is 7.40. The summed E-state index contributed by atoms with van der Waals surface area (Å²) in [5.74, 6) is -0.0319. The highest BCUT2D eigenvalue weighted by atomic mass is 16.3. The fourth-order valence-electron chi connectivity index (χ4n) is 1.58. The number of nitrogens with one attached hydrogen (secondary N) is 1. The highest BCUT2D eigenvalue weighted by molar-refractivity contribution is 5.99. The molecule has 1 unspecified atom stereocenters. The van der Waals surface area contributed by atoms with Gasteiger partial charge in [0, 0.05) is 26.3 Å². The molecular formula is C13H20N2O2. The lowest BCUT2D eigenvalue weighted by Crippen LogP contribution is -2.29. The van der Waals surface area contributed by atoms with Gasteiger partial charge in [0.05, 0.1) is 11.7 Å². The lowest BCUT2D eigenvalue weighted by molar-refractivity contribution is 0.0770. The lowest BCUT2D eigenvalue weighted by atomic mass is 10.1. The first-order chi connectivity index (χ1) is 8.06. The van der Waals surface area contributed by atoms with E-state index in [1.165, 1.54) is 0 Å². The van der Waals surface area contributed by atoms with Crippen molar-refractivity contribution in [1.82, 2.24) is 4.90 Å². The highest BCUT2D eigenvalue weighted by Gasteiger charge is 2.14. The Morgan fingerprint density at radius 2 is 2.12 bits per heavy atom. The molecule has 1 atom stereocenters. The minimum atomic E-state index is -0.384. The van der Waals surface area contributed by atoms with Crippen molar-refractivity contribution < 1.29 is 9.90 Å². The minimum absolute atomic E-state index is 0.0319. The number of para-hydroxylation sites is 1. The molecular weight excluding hydrogens is 216 g/mol. The van der Waals surface area contributed by atoms with Crippen LogP contribution in [0.5, 0.6) is 0 Å². The number of benzene rings is 1. The normalized spacial score (nSPS) is 12.0. The zero-order valence-electron chi connectivity index (χ0n) is 10.6. The summed E-state index contributed by atoms with van der Waals surface area (Å²) in [6.45, 7) is 2.27. The second-order valence-corrected chi connectivity index (χ2v) is 4.16. The van der Waals surface area contributed by atoms with Crippen molar-refractivity contribution in [3.05, 3.63) is 29.8 Å². The summed E-state index contributed by atoms with van der Waals surface area (Å²) in [7, 11) is 3.54. The molecule has 0 aliphatic rings. The standard InChI is InChI=1S/C13H20N2O2/c1-10(16)8-9-15(3)13(17)11-6-4-5-7-12(11)14-2/h4-7,10,14,16H,8-9H2,1-3H3. The monoisotopic (exact) mass is 236 g/mol. The third kappa shape index (κ3) is 3.75. The van der Waals surface area contributed by atoms with Crippen LogP contribution in [-0.2, 0) is 0 Å². The summed E-state index contributed by atoms with van der Waals surface area (Å²) >= 11 is 0. The van der Waals surface area contributed by atoms with E-state index in [0.29, 0.717) is 18.5 Å². The van der Waals surface area contributed by atoms with E-state index < -0.39 is 0 Å². The topological polar surface area (TPSA) is 52.6 Å². The number of aliphatic hydroxyl groups is 1. The molecule has 0 spiro atoms. The summed E-state index contributed by atoms with van der Waals surface area (Å²) in [6.07, 6.45) is 0.203. The lowest BCUT2D eigenvalue weighted by Gasteiger charge is -2.19. The molecule has 0 saturated heterocycles. The van der Waals surface area contributed by atoms with Crippen LogP contribution in [0.15, 0.2) is 24.3 Å². The molecule has 2 N–H and O–H groups in total. The number of nitrogens with zero attached hydrogens (tertiary/aromatic N) is 1. The average molecular weight is 236 g/mol. The number of aliphatic hydroxyl groups excluding tert-OH is 1. The molecule has 0 saturated carbocycles. The highest BCUT2D eigenvalue weighted by Crippen LogP contribution is 2.16. The molecule has 0 fully saturated rings. The van der Waals surface area contributed by atoms with Gasteiger partial charge < -0.3 is 15.3 Å². The molecule has 4 heteroatoms. The fourth-order valence-corrected chi connectivity index (χ4v) is 1.58. The predicted molar refractivity (Wildman–Crippen MR) is 69.2 cm³/mol.